The quantitative estimate of drug-likeness (QED) is 0.325. The molecule has 0 unspecified atom stereocenters. The number of fused-ring (bicyclic) bond motifs is 1. The van der Waals surface area contributed by atoms with Gasteiger partial charge in [-0.2, -0.15) is 0 Å². The summed E-state index contributed by atoms with van der Waals surface area (Å²) >= 11 is 6.07. The fourth-order valence-electron chi connectivity index (χ4n) is 3.66. The molecule has 5 heteroatoms. The molecule has 0 aliphatic heterocycles. The number of hydrogen-bond donors (Lipinski definition) is 1. The van der Waals surface area contributed by atoms with Gasteiger partial charge in [0.2, 0.25) is 5.91 Å². The van der Waals surface area contributed by atoms with Crippen molar-refractivity contribution in [2.75, 3.05) is 12.4 Å². The Bertz CT molecular complexity index is 1330. The van der Waals surface area contributed by atoms with Crippen LogP contribution in [-0.2, 0) is 4.79 Å². The van der Waals surface area contributed by atoms with Gasteiger partial charge in [-0.3, -0.25) is 4.79 Å². The molecule has 0 saturated heterocycles. The van der Waals surface area contributed by atoms with Gasteiger partial charge in [-0.25, -0.2) is 0 Å². The second-order valence-electron chi connectivity index (χ2n) is 7.84. The minimum atomic E-state index is -0.235. The molecule has 1 amide bonds. The van der Waals surface area contributed by atoms with Crippen molar-refractivity contribution in [2.45, 2.75) is 20.8 Å². The molecule has 32 heavy (non-hydrogen) atoms. The lowest BCUT2D eigenvalue weighted by molar-refractivity contribution is -0.111. The van der Waals surface area contributed by atoms with Crippen molar-refractivity contribution in [3.05, 3.63) is 88.6 Å². The van der Waals surface area contributed by atoms with E-state index in [0.717, 1.165) is 38.8 Å². The molecular weight excluding hydrogens is 422 g/mol. The van der Waals surface area contributed by atoms with Gasteiger partial charge in [0.05, 0.1) is 13.4 Å². The Labute approximate surface area is 192 Å². The monoisotopic (exact) mass is 445 g/mol. The molecule has 4 rings (SSSR count). The first kappa shape index (κ1) is 21.7. The van der Waals surface area contributed by atoms with E-state index in [0.29, 0.717) is 16.5 Å². The van der Waals surface area contributed by atoms with E-state index in [1.54, 1.807) is 31.6 Å². The lowest BCUT2D eigenvalue weighted by Crippen LogP contribution is -2.09. The third kappa shape index (κ3) is 4.41. The van der Waals surface area contributed by atoms with Crippen molar-refractivity contribution in [1.82, 2.24) is 0 Å². The van der Waals surface area contributed by atoms with Gasteiger partial charge < -0.3 is 14.5 Å². The van der Waals surface area contributed by atoms with Crippen LogP contribution in [0, 0.1) is 13.8 Å². The zero-order valence-corrected chi connectivity index (χ0v) is 19.2. The maximum Gasteiger partial charge on any atom is 0.248 e. The number of benzene rings is 3. The highest BCUT2D eigenvalue weighted by atomic mass is 35.5. The Morgan fingerprint density at radius 2 is 1.81 bits per heavy atom. The van der Waals surface area contributed by atoms with Crippen LogP contribution >= 0.6 is 11.6 Å². The van der Waals surface area contributed by atoms with Crippen LogP contribution in [0.2, 0.25) is 5.02 Å². The third-order valence-electron chi connectivity index (χ3n) is 5.49. The Morgan fingerprint density at radius 1 is 1.06 bits per heavy atom. The fourth-order valence-corrected chi connectivity index (χ4v) is 3.83. The normalized spacial score (nSPS) is 11.6. The van der Waals surface area contributed by atoms with E-state index >= 15 is 0 Å². The molecule has 0 aliphatic rings. The number of rotatable bonds is 5. The number of carbonyl (C=O) groups is 1. The molecule has 0 aliphatic carbocycles. The molecule has 3 aromatic carbocycles. The summed E-state index contributed by atoms with van der Waals surface area (Å²) in [5.41, 5.74) is 7.22. The van der Waals surface area contributed by atoms with Gasteiger partial charge in [0.15, 0.2) is 0 Å². The first-order valence-electron chi connectivity index (χ1n) is 10.3. The van der Waals surface area contributed by atoms with Gasteiger partial charge in [0, 0.05) is 39.4 Å². The number of methoxy groups -OCH3 is 1. The number of carbonyl (C=O) groups excluding carboxylic acids is 1. The van der Waals surface area contributed by atoms with E-state index < -0.39 is 0 Å². The Balaban J connectivity index is 1.71. The van der Waals surface area contributed by atoms with E-state index in [4.69, 9.17) is 20.8 Å². The predicted octanol–water partition coefficient (Wildman–Crippen LogP) is 7.42. The highest BCUT2D eigenvalue weighted by Gasteiger charge is 2.15. The summed E-state index contributed by atoms with van der Waals surface area (Å²) in [5, 5.41) is 4.44. The van der Waals surface area contributed by atoms with Crippen LogP contribution < -0.4 is 10.1 Å². The molecule has 0 radical (unpaired) electrons. The fraction of sp³-hybridized carbons (Fsp3) is 0.148. The van der Waals surface area contributed by atoms with E-state index in [1.165, 1.54) is 5.56 Å². The van der Waals surface area contributed by atoms with Crippen molar-refractivity contribution in [1.29, 1.82) is 0 Å². The highest BCUT2D eigenvalue weighted by molar-refractivity contribution is 6.31. The van der Waals surface area contributed by atoms with Gasteiger partial charge in [-0.05, 0) is 55.7 Å². The van der Waals surface area contributed by atoms with Crippen molar-refractivity contribution in [3.63, 3.8) is 0 Å². The molecule has 0 bridgehead atoms. The lowest BCUT2D eigenvalue weighted by atomic mass is 9.99. The Kier molecular flexibility index (Phi) is 6.06. The summed E-state index contributed by atoms with van der Waals surface area (Å²) in [6.07, 6.45) is 3.32. The van der Waals surface area contributed by atoms with Crippen molar-refractivity contribution >= 4 is 39.7 Å². The van der Waals surface area contributed by atoms with Crippen LogP contribution in [0.5, 0.6) is 5.75 Å². The summed E-state index contributed by atoms with van der Waals surface area (Å²) in [4.78, 5) is 12.7. The number of nitrogens with one attached hydrogen (secondary N) is 1. The second kappa shape index (κ2) is 8.93. The number of amides is 1. The molecular formula is C27H24ClNO3. The minimum Gasteiger partial charge on any atom is -0.496 e. The topological polar surface area (TPSA) is 51.5 Å². The first-order valence-corrected chi connectivity index (χ1v) is 10.7. The van der Waals surface area contributed by atoms with Crippen LogP contribution in [0.25, 0.3) is 27.7 Å². The minimum absolute atomic E-state index is 0.235. The summed E-state index contributed by atoms with van der Waals surface area (Å²) < 4.78 is 11.4. The number of aryl methyl sites for hydroxylation is 2. The summed E-state index contributed by atoms with van der Waals surface area (Å²) in [6, 6.07) is 17.6. The lowest BCUT2D eigenvalue weighted by Gasteiger charge is -2.11. The molecule has 1 N–H and O–H groups in total. The van der Waals surface area contributed by atoms with Crippen molar-refractivity contribution in [3.8, 4) is 16.9 Å². The maximum atomic E-state index is 12.7. The maximum absolute atomic E-state index is 12.7. The standard InChI is InChI=1S/C27H24ClNO3/c1-16-5-8-19(9-6-16)23-15-32-26-14-25(31-4)21(13-22(23)26)18(3)11-27(30)29-24-12-20(28)10-7-17(24)2/h5-15H,1-4H3,(H,29,30)/b18-11+. The van der Waals surface area contributed by atoms with Crippen molar-refractivity contribution < 1.29 is 13.9 Å². The average Bonchev–Trinajstić information content (AvgIpc) is 3.18. The van der Waals surface area contributed by atoms with Crippen LogP contribution in [0.15, 0.2) is 71.4 Å². The Morgan fingerprint density at radius 3 is 2.53 bits per heavy atom. The van der Waals surface area contributed by atoms with Gasteiger partial charge in [0.25, 0.3) is 0 Å². The van der Waals surface area contributed by atoms with E-state index in [1.807, 2.05) is 32.0 Å². The molecule has 1 aromatic heterocycles. The van der Waals surface area contributed by atoms with Gasteiger partial charge in [-0.1, -0.05) is 47.5 Å². The number of anilines is 1. The number of hydrogen-bond acceptors (Lipinski definition) is 3. The second-order valence-corrected chi connectivity index (χ2v) is 8.28. The molecule has 4 nitrogen and oxygen atoms in total. The average molecular weight is 446 g/mol. The van der Waals surface area contributed by atoms with Gasteiger partial charge in [-0.15, -0.1) is 0 Å². The van der Waals surface area contributed by atoms with Gasteiger partial charge >= 0.3 is 0 Å². The van der Waals surface area contributed by atoms with Crippen LogP contribution in [0.3, 0.4) is 0 Å². The summed E-state index contributed by atoms with van der Waals surface area (Å²) in [5.74, 6) is 0.406. The molecule has 0 spiro atoms. The van der Waals surface area contributed by atoms with Crippen molar-refractivity contribution in [2.24, 2.45) is 0 Å². The number of furan rings is 1. The van der Waals surface area contributed by atoms with Gasteiger partial charge in [0.1, 0.15) is 11.3 Å². The first-order chi connectivity index (χ1) is 15.4. The molecule has 0 saturated carbocycles. The third-order valence-corrected chi connectivity index (χ3v) is 5.72. The van der Waals surface area contributed by atoms with Crippen LogP contribution in [0.4, 0.5) is 5.69 Å². The van der Waals surface area contributed by atoms with Crippen LogP contribution in [-0.4, -0.2) is 13.0 Å². The SMILES string of the molecule is COc1cc2occ(-c3ccc(C)cc3)c2cc1/C(C)=C/C(=O)Nc1cc(Cl)ccc1C. The molecule has 162 valence electrons. The highest BCUT2D eigenvalue weighted by Crippen LogP contribution is 2.37. The number of halogens is 1. The van der Waals surface area contributed by atoms with E-state index in [9.17, 15) is 4.79 Å². The molecule has 0 atom stereocenters. The summed E-state index contributed by atoms with van der Waals surface area (Å²) in [6.45, 7) is 5.87. The van der Waals surface area contributed by atoms with E-state index in [2.05, 4.69) is 36.5 Å². The Hall–Kier alpha value is -3.50. The largest absolute Gasteiger partial charge is 0.496 e. The molecule has 0 fully saturated rings. The molecule has 4 aromatic rings. The zero-order chi connectivity index (χ0) is 22.8. The number of ether oxygens (including phenoxy) is 1. The summed E-state index contributed by atoms with van der Waals surface area (Å²) in [7, 11) is 1.61. The molecule has 1 heterocycles. The van der Waals surface area contributed by atoms with E-state index in [-0.39, 0.29) is 5.91 Å². The number of allylic oxidation sites excluding steroid dienone is 1. The van der Waals surface area contributed by atoms with Crippen LogP contribution in [0.1, 0.15) is 23.6 Å². The predicted molar refractivity (Wildman–Crippen MR) is 131 cm³/mol. The zero-order valence-electron chi connectivity index (χ0n) is 18.5. The smallest absolute Gasteiger partial charge is 0.248 e.